The summed E-state index contributed by atoms with van der Waals surface area (Å²) in [5.41, 5.74) is -0.0983. The lowest BCUT2D eigenvalue weighted by molar-refractivity contribution is -0.137. The maximum Gasteiger partial charge on any atom is 0.417 e. The van der Waals surface area contributed by atoms with Crippen LogP contribution in [0.4, 0.5) is 13.2 Å². The summed E-state index contributed by atoms with van der Waals surface area (Å²) in [7, 11) is 1.25. The molecule has 24 heavy (non-hydrogen) atoms. The van der Waals surface area contributed by atoms with Crippen molar-refractivity contribution < 1.29 is 22.7 Å². The molecule has 0 saturated carbocycles. The third-order valence-electron chi connectivity index (χ3n) is 3.49. The summed E-state index contributed by atoms with van der Waals surface area (Å²) in [6, 6.07) is 7.68. The number of hydrogen-bond donors (Lipinski definition) is 0. The van der Waals surface area contributed by atoms with Crippen molar-refractivity contribution in [1.29, 1.82) is 0 Å². The summed E-state index contributed by atoms with van der Waals surface area (Å²) in [5, 5.41) is 0.407. The average Bonchev–Trinajstić information content (AvgIpc) is 2.93. The number of aromatic nitrogens is 2. The molecule has 4 nitrogen and oxygen atoms in total. The fourth-order valence-electron chi connectivity index (χ4n) is 2.39. The van der Waals surface area contributed by atoms with E-state index in [-0.39, 0.29) is 16.4 Å². The van der Waals surface area contributed by atoms with Gasteiger partial charge >= 0.3 is 12.1 Å². The fraction of sp³-hybridized carbons (Fsp3) is 0.125. The molecule has 0 radical (unpaired) electrons. The molecule has 0 aliphatic carbocycles. The number of ether oxygens (including phenoxy) is 1. The van der Waals surface area contributed by atoms with E-state index in [2.05, 4.69) is 4.98 Å². The first kappa shape index (κ1) is 16.3. The minimum atomic E-state index is -4.54. The van der Waals surface area contributed by atoms with Crippen LogP contribution < -0.4 is 0 Å². The summed E-state index contributed by atoms with van der Waals surface area (Å²) in [5.74, 6) is -0.469. The Hall–Kier alpha value is -2.54. The normalized spacial score (nSPS) is 11.7. The van der Waals surface area contributed by atoms with E-state index in [1.165, 1.54) is 17.9 Å². The predicted octanol–water partition coefficient (Wildman–Crippen LogP) is 4.48. The number of carbonyl (C=O) groups excluding carboxylic acids is 1. The van der Waals surface area contributed by atoms with Crippen molar-refractivity contribution in [3.05, 3.63) is 58.9 Å². The number of carbonyl (C=O) groups is 1. The van der Waals surface area contributed by atoms with Gasteiger partial charge in [-0.25, -0.2) is 9.78 Å². The van der Waals surface area contributed by atoms with Crippen molar-refractivity contribution in [2.24, 2.45) is 0 Å². The van der Waals surface area contributed by atoms with Crippen molar-refractivity contribution in [1.82, 2.24) is 9.55 Å². The maximum absolute atomic E-state index is 12.7. The largest absolute Gasteiger partial charge is 0.465 e. The molecule has 3 aromatic rings. The number of benzene rings is 1. The molecule has 0 bridgehead atoms. The summed E-state index contributed by atoms with van der Waals surface area (Å²) >= 11 is 5.99. The van der Waals surface area contributed by atoms with Gasteiger partial charge in [-0.3, -0.25) is 4.57 Å². The molecule has 2 aromatic heterocycles. The molecule has 2 heterocycles. The maximum atomic E-state index is 12.7. The van der Waals surface area contributed by atoms with E-state index in [0.717, 1.165) is 6.07 Å². The van der Waals surface area contributed by atoms with E-state index >= 15 is 0 Å². The zero-order valence-corrected chi connectivity index (χ0v) is 13.0. The number of halogens is 4. The second-order valence-electron chi connectivity index (χ2n) is 4.95. The molecule has 0 fully saturated rings. The first-order valence-electron chi connectivity index (χ1n) is 6.74. The van der Waals surface area contributed by atoms with E-state index in [9.17, 15) is 18.0 Å². The Morgan fingerprint density at radius 1 is 1.29 bits per heavy atom. The van der Waals surface area contributed by atoms with E-state index in [1.807, 2.05) is 0 Å². The highest BCUT2D eigenvalue weighted by molar-refractivity contribution is 6.32. The SMILES string of the molecule is COC(=O)c1cn(-c2ncc(C(F)(F)F)cc2Cl)c2ccccc12. The van der Waals surface area contributed by atoms with Crippen LogP contribution in [0.1, 0.15) is 15.9 Å². The van der Waals surface area contributed by atoms with Crippen molar-refractivity contribution in [2.45, 2.75) is 6.18 Å². The Bertz CT molecular complexity index is 935. The highest BCUT2D eigenvalue weighted by Crippen LogP contribution is 2.33. The Morgan fingerprint density at radius 3 is 2.62 bits per heavy atom. The first-order chi connectivity index (χ1) is 11.3. The van der Waals surface area contributed by atoms with Crippen molar-refractivity contribution >= 4 is 28.5 Å². The number of pyridine rings is 1. The third-order valence-corrected chi connectivity index (χ3v) is 3.77. The van der Waals surface area contributed by atoms with Crippen LogP contribution in [0.5, 0.6) is 0 Å². The number of hydrogen-bond acceptors (Lipinski definition) is 3. The lowest BCUT2D eigenvalue weighted by Crippen LogP contribution is -2.07. The first-order valence-corrected chi connectivity index (χ1v) is 7.12. The Morgan fingerprint density at radius 2 is 2.00 bits per heavy atom. The molecule has 0 aliphatic heterocycles. The van der Waals surface area contributed by atoms with Gasteiger partial charge < -0.3 is 4.74 Å². The number of methoxy groups -OCH3 is 1. The van der Waals surface area contributed by atoms with E-state index < -0.39 is 17.7 Å². The van der Waals surface area contributed by atoms with Gasteiger partial charge in [0.2, 0.25) is 0 Å². The van der Waals surface area contributed by atoms with Gasteiger partial charge in [0.15, 0.2) is 5.82 Å². The number of esters is 1. The predicted molar refractivity (Wildman–Crippen MR) is 82.4 cm³/mol. The van der Waals surface area contributed by atoms with E-state index in [0.29, 0.717) is 17.1 Å². The van der Waals surface area contributed by atoms with E-state index in [4.69, 9.17) is 16.3 Å². The molecular weight excluding hydrogens is 345 g/mol. The second kappa shape index (κ2) is 5.83. The molecule has 0 aliphatic rings. The minimum Gasteiger partial charge on any atom is -0.465 e. The van der Waals surface area contributed by atoms with Crippen LogP contribution in [0, 0.1) is 0 Å². The molecule has 0 atom stereocenters. The molecule has 3 rings (SSSR count). The monoisotopic (exact) mass is 354 g/mol. The van der Waals surface area contributed by atoms with Gasteiger partial charge in [-0.15, -0.1) is 0 Å². The molecule has 0 unspecified atom stereocenters. The van der Waals surface area contributed by atoms with Gasteiger partial charge in [0.05, 0.1) is 28.8 Å². The summed E-state index contributed by atoms with van der Waals surface area (Å²) in [6.45, 7) is 0. The van der Waals surface area contributed by atoms with Crippen LogP contribution >= 0.6 is 11.6 Å². The highest BCUT2D eigenvalue weighted by Gasteiger charge is 2.32. The van der Waals surface area contributed by atoms with Crippen LogP contribution in [0.15, 0.2) is 42.7 Å². The van der Waals surface area contributed by atoms with Gasteiger partial charge in [0.25, 0.3) is 0 Å². The zero-order chi connectivity index (χ0) is 17.5. The fourth-order valence-corrected chi connectivity index (χ4v) is 2.65. The molecule has 8 heteroatoms. The lowest BCUT2D eigenvalue weighted by atomic mass is 10.2. The average molecular weight is 355 g/mol. The molecule has 1 aromatic carbocycles. The van der Waals surface area contributed by atoms with Crippen molar-refractivity contribution in [3.8, 4) is 5.82 Å². The van der Waals surface area contributed by atoms with Crippen LogP contribution in [-0.4, -0.2) is 22.6 Å². The Labute approximate surface area is 139 Å². The number of para-hydroxylation sites is 1. The van der Waals surface area contributed by atoms with Gasteiger partial charge in [0.1, 0.15) is 0 Å². The molecule has 0 N–H and O–H groups in total. The quantitative estimate of drug-likeness (QED) is 0.637. The second-order valence-corrected chi connectivity index (χ2v) is 5.36. The molecule has 0 amide bonds. The Balaban J connectivity index is 2.22. The third kappa shape index (κ3) is 2.71. The van der Waals surface area contributed by atoms with Crippen LogP contribution in [0.25, 0.3) is 16.7 Å². The number of alkyl halides is 3. The van der Waals surface area contributed by atoms with Crippen molar-refractivity contribution in [3.63, 3.8) is 0 Å². The lowest BCUT2D eigenvalue weighted by Gasteiger charge is -2.10. The van der Waals surface area contributed by atoms with Gasteiger partial charge in [-0.2, -0.15) is 13.2 Å². The number of fused-ring (bicyclic) bond motifs is 1. The van der Waals surface area contributed by atoms with Crippen LogP contribution in [0.3, 0.4) is 0 Å². The topological polar surface area (TPSA) is 44.1 Å². The molecule has 0 spiro atoms. The van der Waals surface area contributed by atoms with Crippen LogP contribution in [0.2, 0.25) is 5.02 Å². The van der Waals surface area contributed by atoms with Gasteiger partial charge in [-0.1, -0.05) is 29.8 Å². The molecule has 0 saturated heterocycles. The summed E-state index contributed by atoms with van der Waals surface area (Å²) in [6.07, 6.45) is -2.39. The molecule has 124 valence electrons. The highest BCUT2D eigenvalue weighted by atomic mass is 35.5. The standard InChI is InChI=1S/C16H10ClF3N2O2/c1-24-15(23)11-8-22(13-5-3-2-4-10(11)13)14-12(17)6-9(7-21-14)16(18,19)20/h2-8H,1H3. The number of nitrogens with zero attached hydrogens (tertiary/aromatic N) is 2. The smallest absolute Gasteiger partial charge is 0.417 e. The number of rotatable bonds is 2. The summed E-state index contributed by atoms with van der Waals surface area (Å²) in [4.78, 5) is 15.7. The van der Waals surface area contributed by atoms with Crippen LogP contribution in [-0.2, 0) is 10.9 Å². The molecular formula is C16H10ClF3N2O2. The van der Waals surface area contributed by atoms with E-state index in [1.54, 1.807) is 24.3 Å². The zero-order valence-electron chi connectivity index (χ0n) is 12.3. The minimum absolute atomic E-state index is 0.0935. The van der Waals surface area contributed by atoms with Gasteiger partial charge in [0, 0.05) is 17.8 Å². The Kier molecular flexibility index (Phi) is 3.96. The van der Waals surface area contributed by atoms with Crippen molar-refractivity contribution in [2.75, 3.05) is 7.11 Å². The van der Waals surface area contributed by atoms with Gasteiger partial charge in [-0.05, 0) is 12.1 Å². The summed E-state index contributed by atoms with van der Waals surface area (Å²) < 4.78 is 44.4.